The van der Waals surface area contributed by atoms with Crippen LogP contribution >= 0.6 is 0 Å². The first kappa shape index (κ1) is 13.6. The molecular formula is C18H20N2O. The van der Waals surface area contributed by atoms with Gasteiger partial charge in [-0.2, -0.15) is 0 Å². The summed E-state index contributed by atoms with van der Waals surface area (Å²) in [6, 6.07) is 12.4. The van der Waals surface area contributed by atoms with E-state index in [1.54, 1.807) is 0 Å². The zero-order valence-corrected chi connectivity index (χ0v) is 12.6. The molecule has 0 aliphatic heterocycles. The molecule has 0 aliphatic carbocycles. The number of hydrogen-bond acceptors (Lipinski definition) is 2. The number of aromatic hydroxyl groups is 1. The molecule has 3 rings (SSSR count). The van der Waals surface area contributed by atoms with Crippen molar-refractivity contribution in [2.45, 2.75) is 20.4 Å². The molecule has 108 valence electrons. The van der Waals surface area contributed by atoms with E-state index in [1.165, 1.54) is 16.5 Å². The van der Waals surface area contributed by atoms with Gasteiger partial charge in [-0.3, -0.25) is 0 Å². The fourth-order valence-corrected chi connectivity index (χ4v) is 2.78. The third-order valence-corrected chi connectivity index (χ3v) is 4.08. The van der Waals surface area contributed by atoms with Crippen molar-refractivity contribution >= 4 is 16.6 Å². The molecule has 0 saturated heterocycles. The quantitative estimate of drug-likeness (QED) is 0.757. The van der Waals surface area contributed by atoms with Crippen molar-refractivity contribution in [2.24, 2.45) is 7.05 Å². The number of fused-ring (bicyclic) bond motifs is 1. The maximum atomic E-state index is 10.0. The van der Waals surface area contributed by atoms with E-state index in [-0.39, 0.29) is 0 Å². The highest BCUT2D eigenvalue weighted by molar-refractivity contribution is 5.84. The van der Waals surface area contributed by atoms with Crippen molar-refractivity contribution in [1.82, 2.24) is 4.57 Å². The second-order valence-electron chi connectivity index (χ2n) is 5.54. The summed E-state index contributed by atoms with van der Waals surface area (Å²) in [5, 5.41) is 14.7. The normalized spacial score (nSPS) is 11.0. The Hall–Kier alpha value is -2.42. The average molecular weight is 280 g/mol. The van der Waals surface area contributed by atoms with Gasteiger partial charge in [0.2, 0.25) is 0 Å². The Morgan fingerprint density at radius 2 is 1.86 bits per heavy atom. The van der Waals surface area contributed by atoms with Crippen LogP contribution < -0.4 is 5.32 Å². The largest absolute Gasteiger partial charge is 0.507 e. The molecule has 2 aromatic carbocycles. The monoisotopic (exact) mass is 280 g/mol. The molecule has 0 spiro atoms. The van der Waals surface area contributed by atoms with Crippen LogP contribution in [0.5, 0.6) is 5.75 Å². The number of aryl methyl sites for hydroxylation is 2. The summed E-state index contributed by atoms with van der Waals surface area (Å²) in [6.45, 7) is 4.59. The first-order chi connectivity index (χ1) is 10.1. The predicted molar refractivity (Wildman–Crippen MR) is 87.8 cm³/mol. The summed E-state index contributed by atoms with van der Waals surface area (Å²) in [6.07, 6.45) is 2.15. The van der Waals surface area contributed by atoms with Gasteiger partial charge in [0.1, 0.15) is 5.75 Å². The van der Waals surface area contributed by atoms with E-state index in [1.807, 2.05) is 26.0 Å². The molecule has 1 heterocycles. The average Bonchev–Trinajstić information content (AvgIpc) is 2.81. The minimum atomic E-state index is 0.373. The number of nitrogens with zero attached hydrogens (tertiary/aromatic N) is 1. The van der Waals surface area contributed by atoms with E-state index in [4.69, 9.17) is 0 Å². The van der Waals surface area contributed by atoms with Crippen LogP contribution in [0.4, 0.5) is 5.69 Å². The van der Waals surface area contributed by atoms with Crippen molar-refractivity contribution < 1.29 is 5.11 Å². The number of hydrogen-bond donors (Lipinski definition) is 2. The lowest BCUT2D eigenvalue weighted by molar-refractivity contribution is 0.467. The first-order valence-corrected chi connectivity index (χ1v) is 7.14. The van der Waals surface area contributed by atoms with Gasteiger partial charge in [0.15, 0.2) is 0 Å². The Morgan fingerprint density at radius 1 is 1.10 bits per heavy atom. The molecule has 0 fully saturated rings. The number of benzene rings is 2. The van der Waals surface area contributed by atoms with Crippen LogP contribution in [0.25, 0.3) is 10.9 Å². The number of rotatable bonds is 3. The Kier molecular flexibility index (Phi) is 3.34. The third kappa shape index (κ3) is 2.35. The van der Waals surface area contributed by atoms with Crippen LogP contribution in [0.2, 0.25) is 0 Å². The van der Waals surface area contributed by atoms with E-state index in [0.717, 1.165) is 23.4 Å². The van der Waals surface area contributed by atoms with Crippen molar-refractivity contribution in [2.75, 3.05) is 5.32 Å². The number of nitrogens with one attached hydrogen (secondary N) is 1. The summed E-state index contributed by atoms with van der Waals surface area (Å²) in [5.74, 6) is 0.373. The van der Waals surface area contributed by atoms with Gasteiger partial charge in [-0.1, -0.05) is 24.3 Å². The van der Waals surface area contributed by atoms with E-state index < -0.39 is 0 Å². The number of phenols is 1. The van der Waals surface area contributed by atoms with Crippen LogP contribution in [0.1, 0.15) is 16.7 Å². The fraction of sp³-hybridized carbons (Fsp3) is 0.222. The van der Waals surface area contributed by atoms with Crippen LogP contribution in [0.15, 0.2) is 42.6 Å². The van der Waals surface area contributed by atoms with Crippen molar-refractivity contribution in [3.63, 3.8) is 0 Å². The Balaban J connectivity index is 1.89. The second kappa shape index (κ2) is 5.17. The molecule has 3 aromatic rings. The Bertz CT molecular complexity index is 802. The summed E-state index contributed by atoms with van der Waals surface area (Å²) in [7, 11) is 2.06. The fourth-order valence-electron chi connectivity index (χ4n) is 2.78. The van der Waals surface area contributed by atoms with E-state index in [9.17, 15) is 5.11 Å². The highest BCUT2D eigenvalue weighted by atomic mass is 16.3. The van der Waals surface area contributed by atoms with Gasteiger partial charge in [-0.25, -0.2) is 0 Å². The minimum Gasteiger partial charge on any atom is -0.507 e. The van der Waals surface area contributed by atoms with Gasteiger partial charge in [-0.15, -0.1) is 0 Å². The van der Waals surface area contributed by atoms with Crippen LogP contribution in [0, 0.1) is 13.8 Å². The van der Waals surface area contributed by atoms with Gasteiger partial charge < -0.3 is 15.0 Å². The molecule has 0 aliphatic rings. The SMILES string of the molecule is Cc1ccc(NCc2cn(C)c3ccccc23)c(C)c1O. The molecule has 0 saturated carbocycles. The molecule has 0 atom stereocenters. The summed E-state index contributed by atoms with van der Waals surface area (Å²) >= 11 is 0. The second-order valence-corrected chi connectivity index (χ2v) is 5.54. The predicted octanol–water partition coefficient (Wildman–Crippen LogP) is 4.11. The zero-order valence-electron chi connectivity index (χ0n) is 12.6. The maximum absolute atomic E-state index is 10.0. The van der Waals surface area contributed by atoms with Crippen LogP contribution in [-0.4, -0.2) is 9.67 Å². The molecule has 1 aromatic heterocycles. The van der Waals surface area contributed by atoms with Crippen molar-refractivity contribution in [3.05, 3.63) is 59.3 Å². The summed E-state index contributed by atoms with van der Waals surface area (Å²) in [5.41, 5.74) is 5.27. The smallest absolute Gasteiger partial charge is 0.123 e. The van der Waals surface area contributed by atoms with E-state index >= 15 is 0 Å². The molecule has 2 N–H and O–H groups in total. The molecule has 0 bridgehead atoms. The van der Waals surface area contributed by atoms with Crippen LogP contribution in [-0.2, 0) is 13.6 Å². The molecule has 3 nitrogen and oxygen atoms in total. The lowest BCUT2D eigenvalue weighted by Crippen LogP contribution is -2.01. The standard InChI is InChI=1S/C18H20N2O/c1-12-8-9-16(13(2)18(12)21)19-10-14-11-20(3)17-7-5-4-6-15(14)17/h4-9,11,19,21H,10H2,1-3H3. The van der Waals surface area contributed by atoms with E-state index in [2.05, 4.69) is 47.4 Å². The highest BCUT2D eigenvalue weighted by Gasteiger charge is 2.08. The van der Waals surface area contributed by atoms with Crippen molar-refractivity contribution in [1.29, 1.82) is 0 Å². The lowest BCUT2D eigenvalue weighted by Gasteiger charge is -2.12. The molecular weight excluding hydrogens is 260 g/mol. The number of aromatic nitrogens is 1. The highest BCUT2D eigenvalue weighted by Crippen LogP contribution is 2.29. The zero-order chi connectivity index (χ0) is 15.0. The van der Waals surface area contributed by atoms with Gasteiger partial charge >= 0.3 is 0 Å². The van der Waals surface area contributed by atoms with Gasteiger partial charge in [0.05, 0.1) is 0 Å². The topological polar surface area (TPSA) is 37.2 Å². The Morgan fingerprint density at radius 3 is 2.67 bits per heavy atom. The molecule has 0 unspecified atom stereocenters. The number of para-hydroxylation sites is 1. The minimum absolute atomic E-state index is 0.373. The number of phenolic OH excluding ortho intramolecular Hbond substituents is 1. The van der Waals surface area contributed by atoms with Gasteiger partial charge in [0.25, 0.3) is 0 Å². The third-order valence-electron chi connectivity index (χ3n) is 4.08. The lowest BCUT2D eigenvalue weighted by atomic mass is 10.1. The number of anilines is 1. The first-order valence-electron chi connectivity index (χ1n) is 7.14. The molecule has 0 amide bonds. The summed E-state index contributed by atoms with van der Waals surface area (Å²) in [4.78, 5) is 0. The van der Waals surface area contributed by atoms with E-state index in [0.29, 0.717) is 5.75 Å². The Labute approximate surface area is 124 Å². The summed E-state index contributed by atoms with van der Waals surface area (Å²) < 4.78 is 2.14. The van der Waals surface area contributed by atoms with Gasteiger partial charge in [-0.05, 0) is 37.1 Å². The molecule has 3 heteroatoms. The van der Waals surface area contributed by atoms with Gasteiger partial charge in [0, 0.05) is 41.9 Å². The van der Waals surface area contributed by atoms with Crippen LogP contribution in [0.3, 0.4) is 0 Å². The molecule has 0 radical (unpaired) electrons. The van der Waals surface area contributed by atoms with Crippen molar-refractivity contribution in [3.8, 4) is 5.75 Å². The molecule has 21 heavy (non-hydrogen) atoms. The maximum Gasteiger partial charge on any atom is 0.123 e.